The van der Waals surface area contributed by atoms with Crippen LogP contribution in [-0.2, 0) is 20.9 Å². The standard InChI is InChI=1S/C27H41NO6S/c1-16-8-7-9-17(2)25(32)19(4)26(33)27(5,6)22(30)13-24(31)34-21(11-10-16)18(3)12-20-15-35-23(14-29)28-20/h10,12,15,17,19,21-22,25,29-30,32H,7-9,11,13-14H2,1-6H3/b16-10-,18-12+/t17?,19?,21-,22?,25-/m0/s1. The van der Waals surface area contributed by atoms with Gasteiger partial charge in [0.05, 0.1) is 36.3 Å². The zero-order valence-electron chi connectivity index (χ0n) is 21.8. The lowest BCUT2D eigenvalue weighted by Gasteiger charge is -2.34. The third-order valence-electron chi connectivity index (χ3n) is 7.11. The summed E-state index contributed by atoms with van der Waals surface area (Å²) in [5, 5.41) is 33.3. The second-order valence-corrected chi connectivity index (χ2v) is 11.4. The first-order chi connectivity index (χ1) is 16.4. The molecule has 3 N–H and O–H groups in total. The quantitative estimate of drug-likeness (QED) is 0.409. The molecule has 196 valence electrons. The van der Waals surface area contributed by atoms with Crippen molar-refractivity contribution in [3.63, 3.8) is 0 Å². The lowest BCUT2D eigenvalue weighted by atomic mass is 9.73. The maximum absolute atomic E-state index is 13.2. The minimum atomic E-state index is -1.24. The Morgan fingerprint density at radius 1 is 1.29 bits per heavy atom. The zero-order valence-corrected chi connectivity index (χ0v) is 22.6. The number of cyclic esters (lactones) is 1. The van der Waals surface area contributed by atoms with E-state index in [-0.39, 0.29) is 24.7 Å². The van der Waals surface area contributed by atoms with Crippen LogP contribution in [0.25, 0.3) is 6.08 Å². The molecule has 1 aromatic rings. The number of Topliss-reactive ketones (excluding diaryl/α,β-unsaturated/α-hetero) is 1. The highest BCUT2D eigenvalue weighted by molar-refractivity contribution is 7.09. The highest BCUT2D eigenvalue weighted by Gasteiger charge is 2.42. The van der Waals surface area contributed by atoms with Gasteiger partial charge in [0.1, 0.15) is 16.9 Å². The van der Waals surface area contributed by atoms with Crippen molar-refractivity contribution in [2.24, 2.45) is 17.3 Å². The number of aliphatic hydroxyl groups is 3. The molecule has 3 unspecified atom stereocenters. The number of aromatic nitrogens is 1. The Morgan fingerprint density at radius 3 is 2.60 bits per heavy atom. The fraction of sp³-hybridized carbons (Fsp3) is 0.667. The van der Waals surface area contributed by atoms with Crippen molar-refractivity contribution in [1.29, 1.82) is 0 Å². The van der Waals surface area contributed by atoms with Gasteiger partial charge >= 0.3 is 5.97 Å². The molecule has 0 radical (unpaired) electrons. The molecule has 0 saturated heterocycles. The number of ether oxygens (including phenoxy) is 1. The van der Waals surface area contributed by atoms with Crippen molar-refractivity contribution in [3.05, 3.63) is 33.3 Å². The Bertz CT molecular complexity index is 934. The molecule has 2 rings (SSSR count). The Hall–Kier alpha value is -1.87. The lowest BCUT2D eigenvalue weighted by Crippen LogP contribution is -2.45. The van der Waals surface area contributed by atoms with Gasteiger partial charge in [0.2, 0.25) is 0 Å². The van der Waals surface area contributed by atoms with Crippen LogP contribution in [0.15, 0.2) is 22.6 Å². The van der Waals surface area contributed by atoms with Crippen LogP contribution in [0.5, 0.6) is 0 Å². The number of carbonyl (C=O) groups is 2. The van der Waals surface area contributed by atoms with Crippen LogP contribution in [-0.4, -0.2) is 50.4 Å². The summed E-state index contributed by atoms with van der Waals surface area (Å²) < 4.78 is 5.78. The van der Waals surface area contributed by atoms with E-state index in [1.165, 1.54) is 11.3 Å². The van der Waals surface area contributed by atoms with E-state index in [4.69, 9.17) is 4.74 Å². The largest absolute Gasteiger partial charge is 0.457 e. The summed E-state index contributed by atoms with van der Waals surface area (Å²) in [6.07, 6.45) is 3.95. The predicted octanol–water partition coefficient (Wildman–Crippen LogP) is 4.45. The number of rotatable bonds is 3. The highest BCUT2D eigenvalue weighted by Crippen LogP contribution is 2.32. The number of esters is 1. The van der Waals surface area contributed by atoms with E-state index >= 15 is 0 Å². The molecular weight excluding hydrogens is 466 g/mol. The number of ketones is 1. The van der Waals surface area contributed by atoms with Crippen LogP contribution in [0.3, 0.4) is 0 Å². The maximum Gasteiger partial charge on any atom is 0.309 e. The van der Waals surface area contributed by atoms with Crippen LogP contribution in [0, 0.1) is 17.3 Å². The van der Waals surface area contributed by atoms with Crippen molar-refractivity contribution in [2.45, 2.75) is 98.6 Å². The fourth-order valence-electron chi connectivity index (χ4n) is 4.42. The Balaban J connectivity index is 2.33. The summed E-state index contributed by atoms with van der Waals surface area (Å²) in [5.74, 6) is -1.58. The van der Waals surface area contributed by atoms with E-state index in [0.717, 1.165) is 30.4 Å². The summed E-state index contributed by atoms with van der Waals surface area (Å²) in [4.78, 5) is 30.4. The number of allylic oxidation sites excluding steroid dienone is 1. The second-order valence-electron chi connectivity index (χ2n) is 10.4. The average Bonchev–Trinajstić information content (AvgIpc) is 3.26. The molecule has 8 heteroatoms. The summed E-state index contributed by atoms with van der Waals surface area (Å²) >= 11 is 1.36. The molecule has 0 fully saturated rings. The first kappa shape index (κ1) is 29.4. The van der Waals surface area contributed by atoms with Gasteiger partial charge in [0, 0.05) is 17.7 Å². The molecule has 0 aromatic carbocycles. The zero-order chi connectivity index (χ0) is 26.3. The predicted molar refractivity (Wildman–Crippen MR) is 138 cm³/mol. The topological polar surface area (TPSA) is 117 Å². The Labute approximate surface area is 212 Å². The number of thiazole rings is 1. The van der Waals surface area contributed by atoms with Crippen molar-refractivity contribution in [1.82, 2.24) is 4.98 Å². The normalized spacial score (nSPS) is 31.5. The summed E-state index contributed by atoms with van der Waals surface area (Å²) in [6, 6.07) is 0. The minimum absolute atomic E-state index is 0.0626. The van der Waals surface area contributed by atoms with Crippen molar-refractivity contribution < 1.29 is 29.6 Å². The van der Waals surface area contributed by atoms with E-state index in [1.54, 1.807) is 20.8 Å². The molecule has 1 aliphatic rings. The molecule has 7 nitrogen and oxygen atoms in total. The molecule has 0 amide bonds. The van der Waals surface area contributed by atoms with Gasteiger partial charge in [-0.3, -0.25) is 9.59 Å². The average molecular weight is 508 g/mol. The van der Waals surface area contributed by atoms with Gasteiger partial charge in [-0.05, 0) is 50.7 Å². The van der Waals surface area contributed by atoms with Gasteiger partial charge in [-0.2, -0.15) is 0 Å². The molecule has 0 spiro atoms. The molecule has 2 heterocycles. The van der Waals surface area contributed by atoms with Gasteiger partial charge in [-0.1, -0.05) is 39.3 Å². The number of nitrogens with zero attached hydrogens (tertiary/aromatic N) is 1. The van der Waals surface area contributed by atoms with Crippen LogP contribution in [0.2, 0.25) is 0 Å². The van der Waals surface area contributed by atoms with Crippen LogP contribution < -0.4 is 0 Å². The van der Waals surface area contributed by atoms with Crippen molar-refractivity contribution in [2.75, 3.05) is 0 Å². The van der Waals surface area contributed by atoms with Crippen LogP contribution in [0.1, 0.15) is 84.3 Å². The monoisotopic (exact) mass is 507 g/mol. The second kappa shape index (κ2) is 12.9. The van der Waals surface area contributed by atoms with Crippen LogP contribution >= 0.6 is 11.3 Å². The molecular formula is C27H41NO6S. The minimum Gasteiger partial charge on any atom is -0.457 e. The van der Waals surface area contributed by atoms with Gasteiger partial charge in [-0.25, -0.2) is 4.98 Å². The Kier molecular flexibility index (Phi) is 10.8. The number of aliphatic hydroxyl groups excluding tert-OH is 3. The third-order valence-corrected chi connectivity index (χ3v) is 7.96. The first-order valence-electron chi connectivity index (χ1n) is 12.4. The molecule has 1 aromatic heterocycles. The van der Waals surface area contributed by atoms with Gasteiger partial charge in [-0.15, -0.1) is 11.3 Å². The summed E-state index contributed by atoms with van der Waals surface area (Å²) in [6.45, 7) is 10.6. The summed E-state index contributed by atoms with van der Waals surface area (Å²) in [7, 11) is 0. The maximum atomic E-state index is 13.2. The molecule has 35 heavy (non-hydrogen) atoms. The molecule has 0 saturated carbocycles. The number of carbonyl (C=O) groups excluding carboxylic acids is 2. The lowest BCUT2D eigenvalue weighted by molar-refractivity contribution is -0.154. The van der Waals surface area contributed by atoms with E-state index in [0.29, 0.717) is 17.1 Å². The van der Waals surface area contributed by atoms with Crippen LogP contribution in [0.4, 0.5) is 0 Å². The molecule has 0 bridgehead atoms. The van der Waals surface area contributed by atoms with Crippen molar-refractivity contribution >= 4 is 29.2 Å². The molecule has 5 atom stereocenters. The number of hydrogen-bond acceptors (Lipinski definition) is 8. The van der Waals surface area contributed by atoms with Gasteiger partial charge in [0.15, 0.2) is 0 Å². The highest BCUT2D eigenvalue weighted by atomic mass is 32.1. The molecule has 0 aliphatic carbocycles. The van der Waals surface area contributed by atoms with Crippen molar-refractivity contribution in [3.8, 4) is 0 Å². The number of hydrogen-bond donors (Lipinski definition) is 3. The SMILES string of the molecule is C/C1=C/C[C@@H](/C(C)=C/c2csc(CO)n2)OC(=O)CC(O)C(C)(C)C(=O)C(C)[C@@H](O)C(C)CCC1. The molecule has 1 aliphatic heterocycles. The Morgan fingerprint density at radius 2 is 1.97 bits per heavy atom. The summed E-state index contributed by atoms with van der Waals surface area (Å²) in [5.41, 5.74) is 1.44. The fourth-order valence-corrected chi connectivity index (χ4v) is 5.03. The van der Waals surface area contributed by atoms with E-state index in [2.05, 4.69) is 11.1 Å². The van der Waals surface area contributed by atoms with Gasteiger partial charge in [0.25, 0.3) is 0 Å². The van der Waals surface area contributed by atoms with E-state index < -0.39 is 35.6 Å². The van der Waals surface area contributed by atoms with E-state index in [9.17, 15) is 24.9 Å². The first-order valence-corrected chi connectivity index (χ1v) is 13.2. The van der Waals surface area contributed by atoms with Gasteiger partial charge < -0.3 is 20.1 Å². The smallest absolute Gasteiger partial charge is 0.309 e. The van der Waals surface area contributed by atoms with E-state index in [1.807, 2.05) is 32.2 Å². The third kappa shape index (κ3) is 8.07.